The quantitative estimate of drug-likeness (QED) is 0.178. The van der Waals surface area contributed by atoms with Crippen LogP contribution in [0.1, 0.15) is 29.7 Å². The van der Waals surface area contributed by atoms with Crippen LogP contribution in [0.2, 0.25) is 5.02 Å². The van der Waals surface area contributed by atoms with Crippen LogP contribution in [0.25, 0.3) is 16.0 Å². The van der Waals surface area contributed by atoms with Crippen LogP contribution < -0.4 is 14.4 Å². The molecule has 0 spiro atoms. The zero-order chi connectivity index (χ0) is 26.3. The number of rotatable bonds is 6. The SMILES string of the molecule is CCOc1ccc(Cl)c(/C(O)=C2\C(=O)C(=O)N(c3nc4ccc(OC)cc4s3)C2c2cccc(C)c2)c1. The standard InChI is InChI=1S/C28H23ClN2O5S/c1-4-36-18-8-10-20(29)19(13-18)25(32)23-24(16-7-5-6-15(2)12-16)31(27(34)26(23)33)28-30-21-11-9-17(35-3)14-22(21)37-28/h5-14,24,32H,4H2,1-3H3/b25-23+. The molecule has 9 heteroatoms. The molecule has 1 saturated heterocycles. The average molecular weight is 535 g/mol. The predicted octanol–water partition coefficient (Wildman–Crippen LogP) is 6.29. The van der Waals surface area contributed by atoms with Crippen LogP contribution >= 0.6 is 22.9 Å². The second-order valence-electron chi connectivity index (χ2n) is 8.49. The minimum atomic E-state index is -0.908. The lowest BCUT2D eigenvalue weighted by molar-refractivity contribution is -0.132. The van der Waals surface area contributed by atoms with Crippen LogP contribution in [0, 0.1) is 6.92 Å². The number of benzene rings is 3. The summed E-state index contributed by atoms with van der Waals surface area (Å²) in [6.45, 7) is 4.17. The number of aromatic nitrogens is 1. The lowest BCUT2D eigenvalue weighted by Gasteiger charge is -2.23. The van der Waals surface area contributed by atoms with Crippen LogP contribution in [0.4, 0.5) is 5.13 Å². The molecule has 1 fully saturated rings. The molecule has 1 aromatic heterocycles. The molecule has 1 aliphatic heterocycles. The van der Waals surface area contributed by atoms with E-state index in [2.05, 4.69) is 4.98 Å². The smallest absolute Gasteiger partial charge is 0.301 e. The van der Waals surface area contributed by atoms with Gasteiger partial charge in [-0.2, -0.15) is 0 Å². The predicted molar refractivity (Wildman–Crippen MR) is 145 cm³/mol. The zero-order valence-corrected chi connectivity index (χ0v) is 21.9. The van der Waals surface area contributed by atoms with Crippen LogP contribution in [-0.2, 0) is 9.59 Å². The van der Waals surface area contributed by atoms with Gasteiger partial charge in [-0.1, -0.05) is 52.8 Å². The largest absolute Gasteiger partial charge is 0.507 e. The number of hydrogen-bond donors (Lipinski definition) is 1. The maximum Gasteiger partial charge on any atom is 0.301 e. The Labute approximate surface area is 222 Å². The number of aryl methyl sites for hydroxylation is 1. The highest BCUT2D eigenvalue weighted by Gasteiger charge is 2.48. The van der Waals surface area contributed by atoms with Crippen molar-refractivity contribution in [2.75, 3.05) is 18.6 Å². The molecule has 0 bridgehead atoms. The van der Waals surface area contributed by atoms with Gasteiger partial charge in [-0.3, -0.25) is 14.5 Å². The van der Waals surface area contributed by atoms with E-state index in [0.29, 0.717) is 34.3 Å². The molecule has 1 aliphatic rings. The van der Waals surface area contributed by atoms with Gasteiger partial charge < -0.3 is 14.6 Å². The lowest BCUT2D eigenvalue weighted by Crippen LogP contribution is -2.29. The fourth-order valence-corrected chi connectivity index (χ4v) is 5.62. The Kier molecular flexibility index (Phi) is 6.62. The summed E-state index contributed by atoms with van der Waals surface area (Å²) in [6.07, 6.45) is 0. The van der Waals surface area contributed by atoms with Crippen molar-refractivity contribution in [3.63, 3.8) is 0 Å². The molecular formula is C28H23ClN2O5S. The van der Waals surface area contributed by atoms with E-state index < -0.39 is 17.7 Å². The Bertz CT molecular complexity index is 1580. The fraction of sp³-hybridized carbons (Fsp3) is 0.179. The van der Waals surface area contributed by atoms with Gasteiger partial charge in [-0.15, -0.1) is 0 Å². The molecule has 0 aliphatic carbocycles. The highest BCUT2D eigenvalue weighted by Crippen LogP contribution is 2.45. The first-order chi connectivity index (χ1) is 17.8. The van der Waals surface area contributed by atoms with Gasteiger partial charge in [-0.25, -0.2) is 4.98 Å². The molecule has 3 aromatic carbocycles. The van der Waals surface area contributed by atoms with Crippen LogP contribution in [0.15, 0.2) is 66.2 Å². The number of carbonyl (C=O) groups excluding carboxylic acids is 2. The molecule has 0 saturated carbocycles. The number of carbonyl (C=O) groups is 2. The number of anilines is 1. The first-order valence-corrected chi connectivity index (χ1v) is 12.8. The third kappa shape index (κ3) is 4.43. The van der Waals surface area contributed by atoms with E-state index in [1.807, 2.05) is 44.2 Å². The molecule has 7 nitrogen and oxygen atoms in total. The Balaban J connectivity index is 1.73. The van der Waals surface area contributed by atoms with Crippen LogP contribution in [0.3, 0.4) is 0 Å². The normalized spacial score (nSPS) is 17.0. The van der Waals surface area contributed by atoms with Gasteiger partial charge in [0.15, 0.2) is 5.13 Å². The molecule has 37 heavy (non-hydrogen) atoms. The second kappa shape index (κ2) is 9.88. The molecule has 1 N–H and O–H groups in total. The first kappa shape index (κ1) is 24.8. The van der Waals surface area contributed by atoms with Gasteiger partial charge in [0, 0.05) is 5.56 Å². The zero-order valence-electron chi connectivity index (χ0n) is 20.3. The Hall–Kier alpha value is -3.88. The minimum Gasteiger partial charge on any atom is -0.507 e. The van der Waals surface area contributed by atoms with E-state index in [9.17, 15) is 14.7 Å². The molecule has 188 valence electrons. The number of ether oxygens (including phenoxy) is 2. The van der Waals surface area contributed by atoms with Crippen molar-refractivity contribution in [2.24, 2.45) is 0 Å². The van der Waals surface area contributed by atoms with E-state index in [1.165, 1.54) is 16.2 Å². The molecule has 1 atom stereocenters. The number of methoxy groups -OCH3 is 1. The maximum absolute atomic E-state index is 13.5. The Morgan fingerprint density at radius 1 is 1.11 bits per heavy atom. The number of aliphatic hydroxyl groups excluding tert-OH is 1. The summed E-state index contributed by atoms with van der Waals surface area (Å²) in [5, 5.41) is 12.0. The topological polar surface area (TPSA) is 89.0 Å². The molecule has 0 radical (unpaired) electrons. The summed E-state index contributed by atoms with van der Waals surface area (Å²) in [6, 6.07) is 16.8. The van der Waals surface area contributed by atoms with Crippen molar-refractivity contribution in [3.05, 3.63) is 87.9 Å². The van der Waals surface area contributed by atoms with Gasteiger partial charge in [0.05, 0.1) is 40.6 Å². The van der Waals surface area contributed by atoms with E-state index in [-0.39, 0.29) is 21.9 Å². The van der Waals surface area contributed by atoms with E-state index in [1.54, 1.807) is 37.4 Å². The number of Topliss-reactive ketones (excluding diaryl/α,β-unsaturated/α-hetero) is 1. The van der Waals surface area contributed by atoms with Crippen LogP contribution in [0.5, 0.6) is 11.5 Å². The Morgan fingerprint density at radius 3 is 2.62 bits per heavy atom. The highest BCUT2D eigenvalue weighted by molar-refractivity contribution is 7.22. The van der Waals surface area contributed by atoms with Gasteiger partial charge in [-0.05, 0) is 55.8 Å². The number of aliphatic hydroxyl groups is 1. The van der Waals surface area contributed by atoms with Gasteiger partial charge in [0.1, 0.15) is 17.3 Å². The number of nitrogens with zero attached hydrogens (tertiary/aromatic N) is 2. The third-order valence-corrected chi connectivity index (χ3v) is 7.44. The van der Waals surface area contributed by atoms with Crippen molar-refractivity contribution < 1.29 is 24.2 Å². The fourth-order valence-electron chi connectivity index (χ4n) is 4.40. The van der Waals surface area contributed by atoms with Gasteiger partial charge in [0.25, 0.3) is 5.78 Å². The summed E-state index contributed by atoms with van der Waals surface area (Å²) in [5.74, 6) is -0.838. The monoisotopic (exact) mass is 534 g/mol. The number of amides is 1. The maximum atomic E-state index is 13.5. The molecule has 4 aromatic rings. The second-order valence-corrected chi connectivity index (χ2v) is 9.90. The molecule has 5 rings (SSSR count). The van der Waals surface area contributed by atoms with Crippen molar-refractivity contribution in [1.82, 2.24) is 4.98 Å². The minimum absolute atomic E-state index is 0.0667. The van der Waals surface area contributed by atoms with Crippen molar-refractivity contribution in [3.8, 4) is 11.5 Å². The molecular weight excluding hydrogens is 512 g/mol. The first-order valence-electron chi connectivity index (χ1n) is 11.6. The summed E-state index contributed by atoms with van der Waals surface area (Å²) in [7, 11) is 1.57. The number of hydrogen-bond acceptors (Lipinski definition) is 7. The number of fused-ring (bicyclic) bond motifs is 1. The molecule has 1 amide bonds. The number of ketones is 1. The van der Waals surface area contributed by atoms with E-state index >= 15 is 0 Å². The summed E-state index contributed by atoms with van der Waals surface area (Å²) in [4.78, 5) is 33.0. The number of thiazole rings is 1. The van der Waals surface area contributed by atoms with Crippen LogP contribution in [-0.4, -0.2) is 35.5 Å². The third-order valence-electron chi connectivity index (χ3n) is 6.10. The lowest BCUT2D eigenvalue weighted by atomic mass is 9.94. The number of halogens is 1. The summed E-state index contributed by atoms with van der Waals surface area (Å²) in [5.41, 5.74) is 2.40. The van der Waals surface area contributed by atoms with Crippen molar-refractivity contribution in [1.29, 1.82) is 0 Å². The van der Waals surface area contributed by atoms with Crippen molar-refractivity contribution in [2.45, 2.75) is 19.9 Å². The van der Waals surface area contributed by atoms with Gasteiger partial charge >= 0.3 is 5.91 Å². The highest BCUT2D eigenvalue weighted by atomic mass is 35.5. The summed E-state index contributed by atoms with van der Waals surface area (Å²) >= 11 is 7.69. The van der Waals surface area contributed by atoms with Crippen molar-refractivity contribution >= 4 is 55.7 Å². The van der Waals surface area contributed by atoms with E-state index in [4.69, 9.17) is 21.1 Å². The Morgan fingerprint density at radius 2 is 1.89 bits per heavy atom. The average Bonchev–Trinajstić information content (AvgIpc) is 3.42. The summed E-state index contributed by atoms with van der Waals surface area (Å²) < 4.78 is 11.7. The van der Waals surface area contributed by atoms with Gasteiger partial charge in [0.2, 0.25) is 0 Å². The van der Waals surface area contributed by atoms with E-state index in [0.717, 1.165) is 10.3 Å². The molecule has 1 unspecified atom stereocenters. The molecule has 2 heterocycles.